The molecule has 9 heteroatoms. The maximum Gasteiger partial charge on any atom is 0.253 e. The second-order valence-electron chi connectivity index (χ2n) is 6.28. The highest BCUT2D eigenvalue weighted by Gasteiger charge is 2.23. The van der Waals surface area contributed by atoms with Crippen molar-refractivity contribution in [1.82, 2.24) is 14.6 Å². The number of carbonyl (C=O) groups is 1. The molecule has 0 saturated carbocycles. The predicted octanol–water partition coefficient (Wildman–Crippen LogP) is 2.27. The molecule has 0 radical (unpaired) electrons. The molecule has 1 aromatic carbocycles. The molecule has 28 heavy (non-hydrogen) atoms. The van der Waals surface area contributed by atoms with E-state index < -0.39 is 10.0 Å². The number of anilines is 1. The van der Waals surface area contributed by atoms with Crippen molar-refractivity contribution in [2.75, 3.05) is 37.6 Å². The molecule has 1 aliphatic heterocycles. The fourth-order valence-electron chi connectivity index (χ4n) is 2.90. The number of rotatable bonds is 6. The molecule has 0 aliphatic carbocycles. The summed E-state index contributed by atoms with van der Waals surface area (Å²) >= 11 is 3.37. The van der Waals surface area contributed by atoms with E-state index in [1.807, 2.05) is 12.1 Å². The van der Waals surface area contributed by atoms with Crippen molar-refractivity contribution in [1.29, 1.82) is 0 Å². The van der Waals surface area contributed by atoms with Crippen LogP contribution in [0, 0.1) is 0 Å². The summed E-state index contributed by atoms with van der Waals surface area (Å²) in [6.07, 6.45) is 3.23. The lowest BCUT2D eigenvalue weighted by atomic mass is 10.2. The SMILES string of the molecule is C=CCNS(=O)(=O)c1ccc(C(=O)N2CCN(c3ccc(Br)cn3)CC2)cc1. The normalized spacial score (nSPS) is 14.8. The molecule has 3 rings (SSSR count). The smallest absolute Gasteiger partial charge is 0.253 e. The largest absolute Gasteiger partial charge is 0.353 e. The number of benzene rings is 1. The summed E-state index contributed by atoms with van der Waals surface area (Å²) in [6.45, 7) is 6.19. The van der Waals surface area contributed by atoms with Crippen LogP contribution in [0.1, 0.15) is 10.4 Å². The van der Waals surface area contributed by atoms with Gasteiger partial charge in [-0.1, -0.05) is 6.08 Å². The third-order valence-corrected chi connectivity index (χ3v) is 6.34. The van der Waals surface area contributed by atoms with Crippen molar-refractivity contribution < 1.29 is 13.2 Å². The summed E-state index contributed by atoms with van der Waals surface area (Å²) < 4.78 is 27.5. The van der Waals surface area contributed by atoms with Gasteiger partial charge in [0.2, 0.25) is 10.0 Å². The van der Waals surface area contributed by atoms with E-state index >= 15 is 0 Å². The highest BCUT2D eigenvalue weighted by Crippen LogP contribution is 2.18. The first-order valence-corrected chi connectivity index (χ1v) is 11.0. The van der Waals surface area contributed by atoms with Gasteiger partial charge in [-0.2, -0.15) is 0 Å². The number of halogens is 1. The number of aromatic nitrogens is 1. The average Bonchev–Trinajstić information content (AvgIpc) is 2.72. The van der Waals surface area contributed by atoms with Gasteiger partial charge in [-0.05, 0) is 52.3 Å². The van der Waals surface area contributed by atoms with Crippen LogP contribution >= 0.6 is 15.9 Å². The van der Waals surface area contributed by atoms with Gasteiger partial charge < -0.3 is 9.80 Å². The minimum absolute atomic E-state index is 0.105. The number of sulfonamides is 1. The van der Waals surface area contributed by atoms with Crippen molar-refractivity contribution in [3.05, 3.63) is 65.3 Å². The molecule has 0 atom stereocenters. The maximum atomic E-state index is 12.7. The average molecular weight is 465 g/mol. The summed E-state index contributed by atoms with van der Waals surface area (Å²) in [4.78, 5) is 21.1. The minimum Gasteiger partial charge on any atom is -0.353 e. The van der Waals surface area contributed by atoms with E-state index in [-0.39, 0.29) is 17.3 Å². The van der Waals surface area contributed by atoms with Gasteiger partial charge >= 0.3 is 0 Å². The molecule has 0 unspecified atom stereocenters. The third kappa shape index (κ3) is 4.78. The first-order valence-electron chi connectivity index (χ1n) is 8.77. The summed E-state index contributed by atoms with van der Waals surface area (Å²) in [5.41, 5.74) is 0.470. The molecule has 1 fully saturated rings. The molecule has 0 spiro atoms. The summed E-state index contributed by atoms with van der Waals surface area (Å²) in [5, 5.41) is 0. The van der Waals surface area contributed by atoms with E-state index in [2.05, 4.69) is 37.1 Å². The topological polar surface area (TPSA) is 82.6 Å². The molecule has 1 aliphatic rings. The summed E-state index contributed by atoms with van der Waals surface area (Å²) in [6, 6.07) is 9.88. The molecule has 2 aromatic rings. The highest BCUT2D eigenvalue weighted by atomic mass is 79.9. The lowest BCUT2D eigenvalue weighted by molar-refractivity contribution is 0.0746. The Morgan fingerprint density at radius 2 is 1.82 bits per heavy atom. The Morgan fingerprint density at radius 1 is 1.14 bits per heavy atom. The summed E-state index contributed by atoms with van der Waals surface area (Å²) in [5.74, 6) is 0.781. The summed E-state index contributed by atoms with van der Waals surface area (Å²) in [7, 11) is -3.59. The quantitative estimate of drug-likeness (QED) is 0.662. The number of amides is 1. The van der Waals surface area contributed by atoms with Gasteiger partial charge in [0, 0.05) is 49.0 Å². The zero-order valence-corrected chi connectivity index (χ0v) is 17.6. The van der Waals surface area contributed by atoms with E-state index in [4.69, 9.17) is 0 Å². The Bertz CT molecular complexity index is 938. The molecular formula is C19H21BrN4O3S. The van der Waals surface area contributed by atoms with Crippen LogP contribution in [0.4, 0.5) is 5.82 Å². The number of hydrogen-bond donors (Lipinski definition) is 1. The number of nitrogens with one attached hydrogen (secondary N) is 1. The van der Waals surface area contributed by atoms with Gasteiger partial charge in [0.25, 0.3) is 5.91 Å². The molecule has 0 bridgehead atoms. The van der Waals surface area contributed by atoms with Crippen LogP contribution in [0.15, 0.2) is 64.6 Å². The first-order chi connectivity index (χ1) is 13.4. The Kier molecular flexibility index (Phi) is 6.48. The Balaban J connectivity index is 1.62. The van der Waals surface area contributed by atoms with Crippen molar-refractivity contribution >= 4 is 37.7 Å². The first kappa shape index (κ1) is 20.5. The number of hydrogen-bond acceptors (Lipinski definition) is 5. The van der Waals surface area contributed by atoms with E-state index in [9.17, 15) is 13.2 Å². The molecule has 1 saturated heterocycles. The molecule has 148 valence electrons. The van der Waals surface area contributed by atoms with Crippen LogP contribution < -0.4 is 9.62 Å². The van der Waals surface area contributed by atoms with Gasteiger partial charge in [0.05, 0.1) is 4.90 Å². The van der Waals surface area contributed by atoms with Crippen LogP contribution in [0.5, 0.6) is 0 Å². The van der Waals surface area contributed by atoms with E-state index in [1.165, 1.54) is 18.2 Å². The van der Waals surface area contributed by atoms with Gasteiger partial charge in [0.15, 0.2) is 0 Å². The van der Waals surface area contributed by atoms with Crippen molar-refractivity contribution in [3.8, 4) is 0 Å². The van der Waals surface area contributed by atoms with E-state index in [0.29, 0.717) is 31.7 Å². The minimum atomic E-state index is -3.59. The zero-order chi connectivity index (χ0) is 20.1. The number of piperazine rings is 1. The molecular weight excluding hydrogens is 444 g/mol. The van der Waals surface area contributed by atoms with Crippen LogP contribution in [0.2, 0.25) is 0 Å². The number of carbonyl (C=O) groups excluding carboxylic acids is 1. The zero-order valence-electron chi connectivity index (χ0n) is 15.2. The van der Waals surface area contributed by atoms with Crippen molar-refractivity contribution in [2.24, 2.45) is 0 Å². The molecule has 1 aromatic heterocycles. The fraction of sp³-hybridized carbons (Fsp3) is 0.263. The third-order valence-electron chi connectivity index (χ3n) is 4.43. The molecule has 1 N–H and O–H groups in total. The van der Waals surface area contributed by atoms with Crippen molar-refractivity contribution in [3.63, 3.8) is 0 Å². The standard InChI is InChI=1S/C19H21BrN4O3S/c1-2-9-22-28(26,27)17-6-3-15(4-7-17)19(25)24-12-10-23(11-13-24)18-8-5-16(20)14-21-18/h2-8,14,22H,1,9-13H2. The molecule has 7 nitrogen and oxygen atoms in total. The van der Waals surface area contributed by atoms with Crippen LogP contribution in [0.25, 0.3) is 0 Å². The lowest BCUT2D eigenvalue weighted by Gasteiger charge is -2.35. The Morgan fingerprint density at radius 3 is 2.39 bits per heavy atom. The lowest BCUT2D eigenvalue weighted by Crippen LogP contribution is -2.49. The van der Waals surface area contributed by atoms with Gasteiger partial charge in [-0.3, -0.25) is 4.79 Å². The monoisotopic (exact) mass is 464 g/mol. The van der Waals surface area contributed by atoms with E-state index in [0.717, 1.165) is 10.3 Å². The second kappa shape index (κ2) is 8.85. The Hall–Kier alpha value is -2.23. The maximum absolute atomic E-state index is 12.7. The van der Waals surface area contributed by atoms with Gasteiger partial charge in [0.1, 0.15) is 5.82 Å². The molecule has 2 heterocycles. The predicted molar refractivity (Wildman–Crippen MR) is 112 cm³/mol. The van der Waals surface area contributed by atoms with Crippen LogP contribution in [-0.2, 0) is 10.0 Å². The van der Waals surface area contributed by atoms with E-state index in [1.54, 1.807) is 23.2 Å². The van der Waals surface area contributed by atoms with Crippen molar-refractivity contribution in [2.45, 2.75) is 4.90 Å². The highest BCUT2D eigenvalue weighted by molar-refractivity contribution is 9.10. The van der Waals surface area contributed by atoms with Crippen LogP contribution in [0.3, 0.4) is 0 Å². The Labute approximate surface area is 173 Å². The number of nitrogens with zero attached hydrogens (tertiary/aromatic N) is 3. The fourth-order valence-corrected chi connectivity index (χ4v) is 4.14. The van der Waals surface area contributed by atoms with Crippen LogP contribution in [-0.4, -0.2) is 56.9 Å². The second-order valence-corrected chi connectivity index (χ2v) is 8.96. The number of pyridine rings is 1. The van der Waals surface area contributed by atoms with Gasteiger partial charge in [-0.25, -0.2) is 18.1 Å². The molecule has 1 amide bonds. The van der Waals surface area contributed by atoms with Gasteiger partial charge in [-0.15, -0.1) is 6.58 Å².